The van der Waals surface area contributed by atoms with E-state index in [1.165, 1.54) is 11.8 Å². The van der Waals surface area contributed by atoms with Crippen LogP contribution < -0.4 is 5.32 Å². The van der Waals surface area contributed by atoms with Gasteiger partial charge in [-0.1, -0.05) is 0 Å². The average Bonchev–Trinajstić information content (AvgIpc) is 2.13. The maximum atomic E-state index is 4.81. The molecule has 0 aromatic heterocycles. The summed E-state index contributed by atoms with van der Waals surface area (Å²) in [5, 5.41) is 10.8. The van der Waals surface area contributed by atoms with E-state index in [9.17, 15) is 0 Å². The van der Waals surface area contributed by atoms with Gasteiger partial charge in [-0.15, -0.1) is 5.11 Å². The van der Waals surface area contributed by atoms with Gasteiger partial charge in [-0.2, -0.15) is 5.11 Å². The van der Waals surface area contributed by atoms with Crippen LogP contribution in [0.25, 0.3) is 0 Å². The van der Waals surface area contributed by atoms with Gasteiger partial charge in [0.2, 0.25) is 0 Å². The Hall–Kier alpha value is -0.000000000000000111. The highest BCUT2D eigenvalue weighted by Crippen LogP contribution is 2.21. The molecule has 5 heteroatoms. The normalized spacial score (nSPS) is 24.7. The summed E-state index contributed by atoms with van der Waals surface area (Å²) in [5.74, 6) is 0. The molecular weight excluding hydrogens is 166 g/mol. The minimum absolute atomic E-state index is 0.0486. The van der Waals surface area contributed by atoms with Crippen molar-refractivity contribution < 1.29 is 0 Å². The third-order valence-electron chi connectivity index (χ3n) is 0.933. The lowest BCUT2D eigenvalue weighted by Gasteiger charge is -2.09. The van der Waals surface area contributed by atoms with E-state index in [1.54, 1.807) is 0 Å². The number of nitrogens with one attached hydrogen (secondary N) is 1. The molecule has 1 heterocycles. The van der Waals surface area contributed by atoms with Gasteiger partial charge in [0.15, 0.2) is 9.82 Å². The van der Waals surface area contributed by atoms with E-state index in [4.69, 9.17) is 12.2 Å². The highest BCUT2D eigenvalue weighted by atomic mass is 32.2. The predicted molar refractivity (Wildman–Crippen MR) is 47.1 cm³/mol. The number of rotatable bonds is 2. The smallest absolute Gasteiger partial charge is 0.185 e. The second-order valence-corrected chi connectivity index (χ2v) is 3.99. The van der Waals surface area contributed by atoms with E-state index in [-0.39, 0.29) is 5.50 Å². The molecule has 56 valence electrons. The molecule has 0 aliphatic carbocycles. The molecule has 1 aliphatic heterocycles. The second kappa shape index (κ2) is 3.41. The highest BCUT2D eigenvalue weighted by Gasteiger charge is 2.16. The van der Waals surface area contributed by atoms with E-state index in [0.717, 1.165) is 0 Å². The van der Waals surface area contributed by atoms with Crippen LogP contribution in [0, 0.1) is 0 Å². The Balaban J connectivity index is 2.33. The van der Waals surface area contributed by atoms with Crippen LogP contribution in [0.2, 0.25) is 0 Å². The maximum absolute atomic E-state index is 4.81. The van der Waals surface area contributed by atoms with E-state index < -0.39 is 0 Å². The Kier molecular flexibility index (Phi) is 2.76. The molecule has 3 nitrogen and oxygen atoms in total. The minimum atomic E-state index is 0.0486. The lowest BCUT2D eigenvalue weighted by molar-refractivity contribution is 0.569. The SMILES string of the molecule is CC(C)NC1N=NC(=S)S1. The molecule has 0 saturated carbocycles. The van der Waals surface area contributed by atoms with Crippen LogP contribution in [-0.2, 0) is 0 Å². The molecular formula is C5H9N3S2. The third-order valence-corrected chi connectivity index (χ3v) is 2.04. The fourth-order valence-corrected chi connectivity index (χ4v) is 1.64. The number of thiocarbonyl (C=S) groups is 1. The molecule has 1 aliphatic rings. The number of thioether (sulfide) groups is 1. The van der Waals surface area contributed by atoms with Crippen LogP contribution in [0.5, 0.6) is 0 Å². The Bertz CT molecular complexity index is 166. The van der Waals surface area contributed by atoms with Gasteiger partial charge in [-0.25, -0.2) is 0 Å². The van der Waals surface area contributed by atoms with E-state index in [2.05, 4.69) is 29.4 Å². The van der Waals surface area contributed by atoms with Crippen molar-refractivity contribution >= 4 is 28.3 Å². The van der Waals surface area contributed by atoms with E-state index >= 15 is 0 Å². The van der Waals surface area contributed by atoms with E-state index in [0.29, 0.717) is 10.4 Å². The molecule has 1 rings (SSSR count). The van der Waals surface area contributed by atoms with Crippen molar-refractivity contribution in [1.82, 2.24) is 5.32 Å². The van der Waals surface area contributed by atoms with Crippen molar-refractivity contribution in [3.8, 4) is 0 Å². The van der Waals surface area contributed by atoms with Crippen LogP contribution in [0.1, 0.15) is 13.8 Å². The third kappa shape index (κ3) is 2.32. The summed E-state index contributed by atoms with van der Waals surface area (Å²) < 4.78 is 0.623. The first-order chi connectivity index (χ1) is 4.68. The Morgan fingerprint density at radius 2 is 2.40 bits per heavy atom. The van der Waals surface area contributed by atoms with Crippen molar-refractivity contribution in [2.24, 2.45) is 10.2 Å². The fourth-order valence-electron chi connectivity index (χ4n) is 0.595. The summed E-state index contributed by atoms with van der Waals surface area (Å²) in [6, 6.07) is 0.428. The topological polar surface area (TPSA) is 36.8 Å². The van der Waals surface area contributed by atoms with Gasteiger partial charge in [-0.05, 0) is 37.8 Å². The first kappa shape index (κ1) is 8.10. The lowest BCUT2D eigenvalue weighted by atomic mass is 10.4. The second-order valence-electron chi connectivity index (χ2n) is 2.27. The number of hydrogen-bond acceptors (Lipinski definition) is 4. The van der Waals surface area contributed by atoms with Gasteiger partial charge >= 0.3 is 0 Å². The van der Waals surface area contributed by atoms with Gasteiger partial charge in [-0.3, -0.25) is 5.32 Å². The first-order valence-electron chi connectivity index (χ1n) is 3.06. The van der Waals surface area contributed by atoms with Crippen molar-refractivity contribution in [1.29, 1.82) is 0 Å². The Morgan fingerprint density at radius 1 is 1.70 bits per heavy atom. The molecule has 0 saturated heterocycles. The Morgan fingerprint density at radius 3 is 2.80 bits per heavy atom. The van der Waals surface area contributed by atoms with Gasteiger partial charge < -0.3 is 0 Å². The van der Waals surface area contributed by atoms with Crippen LogP contribution in [0.3, 0.4) is 0 Å². The van der Waals surface area contributed by atoms with Gasteiger partial charge in [0.1, 0.15) is 0 Å². The molecule has 0 radical (unpaired) electrons. The molecule has 1 N–H and O–H groups in total. The molecule has 0 aromatic rings. The molecule has 0 bridgehead atoms. The van der Waals surface area contributed by atoms with Crippen molar-refractivity contribution in [3.05, 3.63) is 0 Å². The predicted octanol–water partition coefficient (Wildman–Crippen LogP) is 1.75. The highest BCUT2D eigenvalue weighted by molar-refractivity contribution is 8.23. The zero-order valence-corrected chi connectivity index (χ0v) is 7.50. The van der Waals surface area contributed by atoms with Gasteiger partial charge in [0, 0.05) is 6.04 Å². The lowest BCUT2D eigenvalue weighted by Crippen LogP contribution is -2.29. The van der Waals surface area contributed by atoms with Crippen molar-refractivity contribution in [2.45, 2.75) is 25.4 Å². The average molecular weight is 175 g/mol. The maximum Gasteiger partial charge on any atom is 0.185 e. The first-order valence-corrected chi connectivity index (χ1v) is 4.35. The summed E-state index contributed by atoms with van der Waals surface area (Å²) in [6.07, 6.45) is 0. The molecule has 0 fully saturated rings. The van der Waals surface area contributed by atoms with Crippen molar-refractivity contribution in [2.75, 3.05) is 0 Å². The molecule has 1 atom stereocenters. The van der Waals surface area contributed by atoms with Crippen LogP contribution in [-0.4, -0.2) is 15.9 Å². The number of nitrogens with zero attached hydrogens (tertiary/aromatic N) is 2. The summed E-state index contributed by atoms with van der Waals surface area (Å²) in [7, 11) is 0. The van der Waals surface area contributed by atoms with Crippen molar-refractivity contribution in [3.63, 3.8) is 0 Å². The zero-order chi connectivity index (χ0) is 7.56. The molecule has 10 heavy (non-hydrogen) atoms. The molecule has 0 amide bonds. The zero-order valence-electron chi connectivity index (χ0n) is 5.87. The quantitative estimate of drug-likeness (QED) is 0.650. The minimum Gasteiger partial charge on any atom is -0.283 e. The Labute approximate surface area is 69.7 Å². The summed E-state index contributed by atoms with van der Waals surface area (Å²) in [5.41, 5.74) is 0.0486. The van der Waals surface area contributed by atoms with Crippen LogP contribution in [0.15, 0.2) is 10.2 Å². The van der Waals surface area contributed by atoms with Gasteiger partial charge in [0.05, 0.1) is 0 Å². The number of hydrogen-bond donors (Lipinski definition) is 1. The summed E-state index contributed by atoms with van der Waals surface area (Å²) in [6.45, 7) is 4.13. The van der Waals surface area contributed by atoms with Gasteiger partial charge in [0.25, 0.3) is 0 Å². The van der Waals surface area contributed by atoms with Crippen LogP contribution >= 0.6 is 24.0 Å². The summed E-state index contributed by atoms with van der Waals surface area (Å²) in [4.78, 5) is 0. The molecule has 0 spiro atoms. The molecule has 1 unspecified atom stereocenters. The van der Waals surface area contributed by atoms with Crippen LogP contribution in [0.4, 0.5) is 0 Å². The van der Waals surface area contributed by atoms with E-state index in [1.807, 2.05) is 0 Å². The monoisotopic (exact) mass is 175 g/mol. The summed E-state index contributed by atoms with van der Waals surface area (Å²) >= 11 is 6.29. The molecule has 0 aromatic carbocycles. The number of azo groups is 1. The fraction of sp³-hybridized carbons (Fsp3) is 0.800. The standard InChI is InChI=1S/C5H9N3S2/c1-3(2)6-4-7-8-5(9)10-4/h3-4,6H,1-2H3. The largest absolute Gasteiger partial charge is 0.283 e.